The largest absolute Gasteiger partial charge is 0.381 e. The molecule has 0 aromatic heterocycles. The van der Waals surface area contributed by atoms with Gasteiger partial charge in [-0.15, -0.1) is 4.48 Å². The first kappa shape index (κ1) is 15.1. The van der Waals surface area contributed by atoms with Crippen LogP contribution in [-0.4, -0.2) is 31.8 Å². The molecule has 0 aromatic rings. The molecule has 0 saturated carbocycles. The lowest BCUT2D eigenvalue weighted by molar-refractivity contribution is -0.154. The summed E-state index contributed by atoms with van der Waals surface area (Å²) in [6.45, 7) is 0. The summed E-state index contributed by atoms with van der Waals surface area (Å²) in [4.78, 5) is 9.97. The van der Waals surface area contributed by atoms with Crippen molar-refractivity contribution in [1.29, 1.82) is 0 Å². The van der Waals surface area contributed by atoms with Crippen LogP contribution in [0.5, 0.6) is 0 Å². The maximum absolute atomic E-state index is 12.4. The van der Waals surface area contributed by atoms with Gasteiger partial charge >= 0.3 is 31.8 Å². The topological polar surface area (TPSA) is 29.1 Å². The van der Waals surface area contributed by atoms with Crippen molar-refractivity contribution in [1.82, 2.24) is 5.54 Å². The second kappa shape index (κ2) is 4.14. The highest BCUT2D eigenvalue weighted by Gasteiger charge is 2.74. The summed E-state index contributed by atoms with van der Waals surface area (Å²) in [5.41, 5.74) is -6.27. The molecule has 1 amide bonds. The number of hydrogen-bond donors (Lipinski definition) is 1. The maximum atomic E-state index is 12.4. The Morgan fingerprint density at radius 1 is 0.875 bits per heavy atom. The lowest BCUT2D eigenvalue weighted by Crippen LogP contribution is -2.64. The molecule has 0 spiro atoms. The van der Waals surface area contributed by atoms with Gasteiger partial charge in [0.15, 0.2) is 0 Å². The van der Waals surface area contributed by atoms with Gasteiger partial charge in [0.25, 0.3) is 0 Å². The monoisotopic (exact) mass is 279 g/mol. The zero-order valence-electron chi connectivity index (χ0n) is 6.89. The van der Waals surface area contributed by atoms with Crippen molar-refractivity contribution in [2.45, 2.75) is 17.1 Å². The molecule has 0 heterocycles. The second-order valence-electron chi connectivity index (χ2n) is 2.56. The molecule has 0 aliphatic rings. The molecule has 0 radical (unpaired) electrons. The number of alkyl halides is 8. The molecule has 0 atom stereocenters. The van der Waals surface area contributed by atoms with Crippen LogP contribution in [0.15, 0.2) is 0 Å². The van der Waals surface area contributed by atoms with Crippen molar-refractivity contribution < 1.29 is 44.4 Å². The van der Waals surface area contributed by atoms with Crippen molar-refractivity contribution in [3.05, 3.63) is 0 Å². The summed E-state index contributed by atoms with van der Waals surface area (Å²) in [6.07, 6.45) is 0. The normalized spacial score (nSPS) is 14.1. The summed E-state index contributed by atoms with van der Waals surface area (Å²) in [5, 5.41) is 0. The number of carbonyl (C=O) groups is 1. The van der Waals surface area contributed by atoms with Crippen LogP contribution in [0.25, 0.3) is 0 Å². The van der Waals surface area contributed by atoms with Crippen molar-refractivity contribution in [2.75, 3.05) is 0 Å². The minimum atomic E-state index is -6.88. The number of rotatable bonds is 2. The predicted octanol–water partition coefficient (Wildman–Crippen LogP) is 1.59. The molecule has 1 N–H and O–H groups in total. The second-order valence-corrected chi connectivity index (χ2v) is 5.46. The zero-order chi connectivity index (χ0) is 13.4. The first-order valence-electron chi connectivity index (χ1n) is 3.27. The van der Waals surface area contributed by atoms with E-state index in [9.17, 15) is 44.4 Å². The highest BCUT2D eigenvalue weighted by atomic mass is 28.3. The molecule has 0 aliphatic heterocycles. The predicted molar refractivity (Wildman–Crippen MR) is 33.5 cm³/mol. The molecule has 0 unspecified atom stereocenters. The number of halogens is 9. The van der Waals surface area contributed by atoms with E-state index in [0.29, 0.717) is 0 Å². The number of amides is 1. The Morgan fingerprint density at radius 3 is 1.38 bits per heavy atom. The van der Waals surface area contributed by atoms with Gasteiger partial charge in [0.2, 0.25) is 0 Å². The van der Waals surface area contributed by atoms with E-state index in [2.05, 4.69) is 0 Å². The molecule has 0 aliphatic carbocycles. The summed E-state index contributed by atoms with van der Waals surface area (Å²) in [7, 11) is -6.88. The molecule has 12 heteroatoms. The molecular weight excluding hydrogens is 277 g/mol. The minimum Gasteiger partial charge on any atom is -0.266 e. The SMILES string of the molecule is O=C(NF)C(F)(F)[SiH](C(F)(F)F)C(F)(F)F. The Hall–Kier alpha value is -0.943. The zero-order valence-corrected chi connectivity index (χ0v) is 8.04. The molecule has 0 fully saturated rings. The van der Waals surface area contributed by atoms with Crippen LogP contribution >= 0.6 is 0 Å². The molecule has 0 saturated heterocycles. The quantitative estimate of drug-likeness (QED) is 0.464. The summed E-state index contributed by atoms with van der Waals surface area (Å²) in [5.74, 6) is -15.8. The maximum Gasteiger partial charge on any atom is 0.381 e. The van der Waals surface area contributed by atoms with E-state index in [1.165, 1.54) is 0 Å². The van der Waals surface area contributed by atoms with Crippen LogP contribution in [0, 0.1) is 0 Å². The summed E-state index contributed by atoms with van der Waals surface area (Å²) < 4.78 is 107. The van der Waals surface area contributed by atoms with Gasteiger partial charge in [0.1, 0.15) is 0 Å². The molecule has 0 bridgehead atoms. The highest BCUT2D eigenvalue weighted by molar-refractivity contribution is 6.69. The van der Waals surface area contributed by atoms with E-state index in [4.69, 9.17) is 0 Å². The van der Waals surface area contributed by atoms with Crippen molar-refractivity contribution in [3.8, 4) is 0 Å². The molecule has 2 nitrogen and oxygen atoms in total. The van der Waals surface area contributed by atoms with Gasteiger partial charge in [-0.2, -0.15) is 31.9 Å². The van der Waals surface area contributed by atoms with Crippen molar-refractivity contribution >= 4 is 14.7 Å². The summed E-state index contributed by atoms with van der Waals surface area (Å²) in [6, 6.07) is 0. The van der Waals surface area contributed by atoms with Crippen LogP contribution in [0.2, 0.25) is 0 Å². The van der Waals surface area contributed by atoms with Crippen LogP contribution in [0.1, 0.15) is 0 Å². The number of nitrogens with one attached hydrogen (secondary N) is 1. The third-order valence-corrected chi connectivity index (χ3v) is 3.70. The van der Waals surface area contributed by atoms with E-state index >= 15 is 0 Å². The Kier molecular flexibility index (Phi) is 3.90. The fraction of sp³-hybridized carbons (Fsp3) is 0.750. The Bertz CT molecular complexity index is 256. The van der Waals surface area contributed by atoms with Crippen LogP contribution in [0.3, 0.4) is 0 Å². The average molecular weight is 279 g/mol. The first-order chi connectivity index (χ1) is 6.85. The van der Waals surface area contributed by atoms with Crippen LogP contribution in [0.4, 0.5) is 39.6 Å². The highest BCUT2D eigenvalue weighted by Crippen LogP contribution is 2.40. The lowest BCUT2D eigenvalue weighted by atomic mass is 10.7. The van der Waals surface area contributed by atoms with E-state index in [-0.39, 0.29) is 0 Å². The van der Waals surface area contributed by atoms with Crippen molar-refractivity contribution in [2.24, 2.45) is 0 Å². The first-order valence-corrected chi connectivity index (χ1v) is 5.00. The average Bonchev–Trinajstić information content (AvgIpc) is 1.95. The Balaban J connectivity index is 5.46. The molecule has 0 rings (SSSR count). The lowest BCUT2D eigenvalue weighted by Gasteiger charge is -2.26. The number of hydrogen-bond acceptors (Lipinski definition) is 1. The van der Waals surface area contributed by atoms with Gasteiger partial charge in [0, 0.05) is 0 Å². The Morgan fingerprint density at radius 2 is 1.19 bits per heavy atom. The van der Waals surface area contributed by atoms with Gasteiger partial charge in [-0.25, -0.2) is 8.78 Å². The van der Waals surface area contributed by atoms with Gasteiger partial charge in [-0.05, 0) is 0 Å². The fourth-order valence-electron chi connectivity index (χ4n) is 0.791. The molecule has 16 heavy (non-hydrogen) atoms. The van der Waals surface area contributed by atoms with Crippen LogP contribution in [-0.2, 0) is 4.79 Å². The van der Waals surface area contributed by atoms with Crippen LogP contribution < -0.4 is 5.54 Å². The minimum absolute atomic E-state index is 0.424. The van der Waals surface area contributed by atoms with Gasteiger partial charge < -0.3 is 0 Å². The smallest absolute Gasteiger partial charge is 0.266 e. The van der Waals surface area contributed by atoms with E-state index in [1.54, 1.807) is 0 Å². The van der Waals surface area contributed by atoms with E-state index in [0.717, 1.165) is 0 Å². The van der Waals surface area contributed by atoms with Crippen molar-refractivity contribution in [3.63, 3.8) is 0 Å². The third kappa shape index (κ3) is 3.02. The third-order valence-electron chi connectivity index (χ3n) is 1.41. The van der Waals surface area contributed by atoms with E-state index < -0.39 is 37.4 Å². The summed E-state index contributed by atoms with van der Waals surface area (Å²) >= 11 is 0. The van der Waals surface area contributed by atoms with Gasteiger partial charge in [0.05, 0.1) is 0 Å². The fourth-order valence-corrected chi connectivity index (χ4v) is 2.30. The molecular formula is C4H2F9NOSi. The van der Waals surface area contributed by atoms with Gasteiger partial charge in [-0.3, -0.25) is 4.79 Å². The number of carbonyl (C=O) groups excluding carboxylic acids is 1. The van der Waals surface area contributed by atoms with E-state index in [1.807, 2.05) is 0 Å². The molecule has 0 aromatic carbocycles. The molecule has 96 valence electrons. The standard InChI is InChI=1S/C4H2F9NOSi/c5-2(6,1(15)14-13)16(3(7,8)9)4(10,11)12/h16H,(H,14,15). The van der Waals surface area contributed by atoms with Gasteiger partial charge in [-0.1, -0.05) is 0 Å². The Labute approximate surface area is 82.9 Å².